The maximum atomic E-state index is 13.1. The number of hydrogen-bond acceptors (Lipinski definition) is 5. The summed E-state index contributed by atoms with van der Waals surface area (Å²) in [7, 11) is -2.10. The fraction of sp³-hybridized carbons (Fsp3) is 0.192. The van der Waals surface area contributed by atoms with Crippen LogP contribution in [0.5, 0.6) is 0 Å². The van der Waals surface area contributed by atoms with Gasteiger partial charge in [-0.25, -0.2) is 28.0 Å². The van der Waals surface area contributed by atoms with E-state index in [-0.39, 0.29) is 0 Å². The Morgan fingerprint density at radius 1 is 0.971 bits per heavy atom. The first-order valence-electron chi connectivity index (χ1n) is 11.4. The molecule has 2 N–H and O–H groups in total. The van der Waals surface area contributed by atoms with Crippen molar-refractivity contribution in [2.24, 2.45) is 12.2 Å². The number of primary sulfonamides is 1. The highest BCUT2D eigenvalue weighted by Crippen LogP contribution is 2.50. The monoisotopic (exact) mass is 484 g/mol. The first-order valence-corrected chi connectivity index (χ1v) is 13.0. The number of nitrogens with two attached hydrogens (primary N) is 1. The predicted octanol–water partition coefficient (Wildman–Crippen LogP) is 4.13. The van der Waals surface area contributed by atoms with Crippen LogP contribution in [0.2, 0.25) is 0 Å². The van der Waals surface area contributed by atoms with E-state index >= 15 is 0 Å². The smallest absolute Gasteiger partial charge is 0.220 e. The van der Waals surface area contributed by atoms with Crippen LogP contribution in [-0.2, 0) is 21.8 Å². The van der Waals surface area contributed by atoms with Crippen LogP contribution in [0.3, 0.4) is 0 Å². The van der Waals surface area contributed by atoms with Crippen molar-refractivity contribution in [2.75, 3.05) is 0 Å². The van der Waals surface area contributed by atoms with Gasteiger partial charge in [-0.15, -0.1) is 5.10 Å². The molecule has 3 aromatic heterocycles. The predicted molar refractivity (Wildman–Crippen MR) is 135 cm³/mol. The molecule has 0 saturated heterocycles. The van der Waals surface area contributed by atoms with Crippen molar-refractivity contribution in [3.63, 3.8) is 0 Å². The normalized spacial score (nSPS) is 15.3. The van der Waals surface area contributed by atoms with Gasteiger partial charge in [-0.2, -0.15) is 0 Å². The molecule has 1 aliphatic rings. The number of rotatable bonds is 5. The first-order chi connectivity index (χ1) is 16.9. The molecule has 2 aromatic carbocycles. The third kappa shape index (κ3) is 3.30. The summed E-state index contributed by atoms with van der Waals surface area (Å²) in [6.45, 7) is 0. The molecule has 0 aliphatic heterocycles. The van der Waals surface area contributed by atoms with E-state index in [2.05, 4.69) is 4.98 Å². The van der Waals surface area contributed by atoms with Gasteiger partial charge in [0.2, 0.25) is 15.8 Å². The molecule has 8 nitrogen and oxygen atoms in total. The van der Waals surface area contributed by atoms with Crippen LogP contribution in [0, 0.1) is 0 Å². The SMILES string of the molecule is Cn1ccnc1-c1nc(C2(S(N)(=O)=O)CCC2)c2c(-c3ccccc3)c(-c3ccccc3)cn2n1. The van der Waals surface area contributed by atoms with Crippen LogP contribution in [0.4, 0.5) is 0 Å². The van der Waals surface area contributed by atoms with Gasteiger partial charge in [0.1, 0.15) is 4.75 Å². The third-order valence-corrected chi connectivity index (χ3v) is 8.63. The Morgan fingerprint density at radius 2 is 1.63 bits per heavy atom. The molecular formula is C26H24N6O2S. The highest BCUT2D eigenvalue weighted by Gasteiger charge is 2.52. The molecule has 0 atom stereocenters. The maximum Gasteiger partial charge on any atom is 0.220 e. The lowest BCUT2D eigenvalue weighted by Crippen LogP contribution is -2.47. The van der Waals surface area contributed by atoms with Crippen LogP contribution in [0.1, 0.15) is 25.0 Å². The van der Waals surface area contributed by atoms with E-state index in [0.717, 1.165) is 28.7 Å². The molecule has 0 unspecified atom stereocenters. The van der Waals surface area contributed by atoms with Crippen molar-refractivity contribution in [3.8, 4) is 33.9 Å². The van der Waals surface area contributed by atoms with Crippen molar-refractivity contribution < 1.29 is 8.42 Å². The summed E-state index contributed by atoms with van der Waals surface area (Å²) in [5.74, 6) is 0.900. The van der Waals surface area contributed by atoms with Gasteiger partial charge in [0.05, 0.1) is 11.2 Å². The minimum atomic E-state index is -3.95. The summed E-state index contributed by atoms with van der Waals surface area (Å²) >= 11 is 0. The van der Waals surface area contributed by atoms with Gasteiger partial charge in [0, 0.05) is 36.8 Å². The Kier molecular flexibility index (Phi) is 4.87. The summed E-state index contributed by atoms with van der Waals surface area (Å²) in [6.07, 6.45) is 7.01. The zero-order valence-corrected chi connectivity index (χ0v) is 20.0. The summed E-state index contributed by atoms with van der Waals surface area (Å²) in [5.41, 5.74) is 4.86. The standard InChI is InChI=1S/C26H24N6O2S/c1-31-16-15-28-25(31)24-29-23(26(13-8-14-26)35(27,33)34)22-21(19-11-6-3-7-12-19)20(17-32(22)30-24)18-9-4-2-5-10-18/h2-7,9-12,15-17H,8,13-14H2,1H3,(H2,27,33,34). The van der Waals surface area contributed by atoms with Gasteiger partial charge in [-0.1, -0.05) is 60.7 Å². The molecule has 0 spiro atoms. The molecule has 6 rings (SSSR count). The molecular weight excluding hydrogens is 460 g/mol. The molecule has 1 saturated carbocycles. The van der Waals surface area contributed by atoms with Gasteiger partial charge in [-0.05, 0) is 30.4 Å². The fourth-order valence-corrected chi connectivity index (χ4v) is 6.23. The van der Waals surface area contributed by atoms with Gasteiger partial charge in [-0.3, -0.25) is 0 Å². The summed E-state index contributed by atoms with van der Waals surface area (Å²) in [6, 6.07) is 19.9. The molecule has 176 valence electrons. The summed E-state index contributed by atoms with van der Waals surface area (Å²) < 4.78 is 28.4. The lowest BCUT2D eigenvalue weighted by Gasteiger charge is -2.39. The second-order valence-electron chi connectivity index (χ2n) is 8.98. The van der Waals surface area contributed by atoms with Crippen molar-refractivity contribution >= 4 is 15.5 Å². The number of imidazole rings is 1. The van der Waals surface area contributed by atoms with Gasteiger partial charge < -0.3 is 4.57 Å². The van der Waals surface area contributed by atoms with E-state index in [1.54, 1.807) is 10.7 Å². The average Bonchev–Trinajstić information content (AvgIpc) is 3.42. The van der Waals surface area contributed by atoms with E-state index in [4.69, 9.17) is 15.2 Å². The Balaban J connectivity index is 1.78. The van der Waals surface area contributed by atoms with Gasteiger partial charge >= 0.3 is 0 Å². The molecule has 0 radical (unpaired) electrons. The van der Waals surface area contributed by atoms with E-state index in [9.17, 15) is 8.42 Å². The molecule has 35 heavy (non-hydrogen) atoms. The van der Waals surface area contributed by atoms with Crippen LogP contribution >= 0.6 is 0 Å². The van der Waals surface area contributed by atoms with E-state index in [1.807, 2.05) is 84.7 Å². The molecule has 5 aromatic rings. The molecule has 1 aliphatic carbocycles. The second-order valence-corrected chi connectivity index (χ2v) is 10.9. The third-order valence-electron chi connectivity index (χ3n) is 6.94. The summed E-state index contributed by atoms with van der Waals surface area (Å²) in [4.78, 5) is 9.30. The van der Waals surface area contributed by atoms with Gasteiger partial charge in [0.15, 0.2) is 5.82 Å². The molecule has 9 heteroatoms. The van der Waals surface area contributed by atoms with Crippen molar-refractivity contribution in [1.82, 2.24) is 24.1 Å². The lowest BCUT2D eigenvalue weighted by atomic mass is 9.80. The topological polar surface area (TPSA) is 108 Å². The maximum absolute atomic E-state index is 13.1. The van der Waals surface area contributed by atoms with E-state index < -0.39 is 14.8 Å². The van der Waals surface area contributed by atoms with E-state index in [1.165, 1.54) is 0 Å². The number of hydrogen-bond donors (Lipinski definition) is 1. The number of aryl methyl sites for hydroxylation is 1. The second kappa shape index (κ2) is 7.86. The molecule has 0 bridgehead atoms. The molecule has 0 amide bonds. The van der Waals surface area contributed by atoms with Crippen LogP contribution in [0.25, 0.3) is 39.4 Å². The van der Waals surface area contributed by atoms with Crippen molar-refractivity contribution in [2.45, 2.75) is 24.0 Å². The van der Waals surface area contributed by atoms with Gasteiger partial charge in [0.25, 0.3) is 0 Å². The molecule has 1 fully saturated rings. The van der Waals surface area contributed by atoms with Crippen molar-refractivity contribution in [3.05, 3.63) is 84.9 Å². The minimum absolute atomic E-state index is 0.351. The summed E-state index contributed by atoms with van der Waals surface area (Å²) in [5, 5.41) is 10.7. The number of aromatic nitrogens is 5. The van der Waals surface area contributed by atoms with Crippen LogP contribution in [0.15, 0.2) is 79.3 Å². The number of fused-ring (bicyclic) bond motifs is 1. The van der Waals surface area contributed by atoms with Crippen LogP contribution < -0.4 is 5.14 Å². The zero-order valence-electron chi connectivity index (χ0n) is 19.2. The largest absolute Gasteiger partial charge is 0.331 e. The Hall–Kier alpha value is -3.82. The number of sulfonamides is 1. The highest BCUT2D eigenvalue weighted by atomic mass is 32.2. The number of benzene rings is 2. The lowest BCUT2D eigenvalue weighted by molar-refractivity contribution is 0.338. The average molecular weight is 485 g/mol. The highest BCUT2D eigenvalue weighted by molar-refractivity contribution is 7.90. The number of nitrogens with zero attached hydrogens (tertiary/aromatic N) is 5. The first kappa shape index (κ1) is 21.7. The Bertz CT molecular complexity index is 1650. The molecule has 3 heterocycles. The quantitative estimate of drug-likeness (QED) is 0.403. The van der Waals surface area contributed by atoms with E-state index in [0.29, 0.717) is 35.7 Å². The minimum Gasteiger partial charge on any atom is -0.331 e. The Morgan fingerprint density at radius 3 is 2.17 bits per heavy atom. The van der Waals surface area contributed by atoms with Crippen LogP contribution in [-0.4, -0.2) is 32.6 Å². The fourth-order valence-electron chi connectivity index (χ4n) is 4.96. The van der Waals surface area contributed by atoms with Crippen molar-refractivity contribution in [1.29, 1.82) is 0 Å². The Labute approximate surface area is 203 Å². The zero-order chi connectivity index (χ0) is 24.2.